The number of aliphatic hydroxyl groups excluding tert-OH is 1. The Morgan fingerprint density at radius 1 is 1.04 bits per heavy atom. The highest BCUT2D eigenvalue weighted by Gasteiger charge is 2.45. The Balaban J connectivity index is 2.13. The quantitative estimate of drug-likeness (QED) is 0.503. The molecule has 27 heavy (non-hydrogen) atoms. The highest BCUT2D eigenvalue weighted by molar-refractivity contribution is 6.46. The van der Waals surface area contributed by atoms with Crippen LogP contribution in [0.5, 0.6) is 0 Å². The smallest absolute Gasteiger partial charge is 0.295 e. The Kier molecular flexibility index (Phi) is 5.42. The van der Waals surface area contributed by atoms with Crippen LogP contribution in [0.15, 0.2) is 60.2 Å². The van der Waals surface area contributed by atoms with E-state index in [2.05, 4.69) is 0 Å². The van der Waals surface area contributed by atoms with Crippen LogP contribution in [0, 0.1) is 6.92 Å². The third-order valence-electron chi connectivity index (χ3n) is 4.77. The highest BCUT2D eigenvalue weighted by Crippen LogP contribution is 2.39. The van der Waals surface area contributed by atoms with Crippen molar-refractivity contribution in [3.05, 3.63) is 76.9 Å². The number of aliphatic hydroxyl groups is 1. The normalized spacial score (nSPS) is 19.1. The molecule has 0 radical (unpaired) electrons. The molecule has 1 N–H and O–H groups in total. The number of rotatable bonds is 5. The Hall–Kier alpha value is -2.92. The van der Waals surface area contributed by atoms with Gasteiger partial charge < -0.3 is 14.9 Å². The van der Waals surface area contributed by atoms with Crippen molar-refractivity contribution >= 4 is 17.4 Å². The van der Waals surface area contributed by atoms with Gasteiger partial charge in [0.25, 0.3) is 11.7 Å². The summed E-state index contributed by atoms with van der Waals surface area (Å²) in [5.41, 5.74) is 2.58. The van der Waals surface area contributed by atoms with E-state index in [1.165, 1.54) is 0 Å². The van der Waals surface area contributed by atoms with Gasteiger partial charge in [-0.25, -0.2) is 0 Å². The Labute approximate surface area is 159 Å². The number of hydrogen-bond acceptors (Lipinski definition) is 4. The number of nitrogens with zero attached hydrogens (tertiary/aromatic N) is 2. The van der Waals surface area contributed by atoms with E-state index in [-0.39, 0.29) is 11.3 Å². The molecule has 5 nitrogen and oxygen atoms in total. The lowest BCUT2D eigenvalue weighted by Crippen LogP contribution is -2.35. The van der Waals surface area contributed by atoms with Crippen molar-refractivity contribution < 1.29 is 14.7 Å². The molecule has 1 fully saturated rings. The molecule has 0 aliphatic carbocycles. The minimum atomic E-state index is -0.638. The molecule has 2 aromatic rings. The fourth-order valence-corrected chi connectivity index (χ4v) is 3.27. The summed E-state index contributed by atoms with van der Waals surface area (Å²) < 4.78 is 0. The number of likely N-dealkylation sites (N-methyl/N-ethyl adjacent to an activating group) is 1. The van der Waals surface area contributed by atoms with Gasteiger partial charge in [-0.2, -0.15) is 0 Å². The van der Waals surface area contributed by atoms with E-state index in [1.54, 1.807) is 29.2 Å². The van der Waals surface area contributed by atoms with E-state index >= 15 is 0 Å². The van der Waals surface area contributed by atoms with Crippen molar-refractivity contribution in [2.24, 2.45) is 0 Å². The molecular weight excluding hydrogens is 340 g/mol. The van der Waals surface area contributed by atoms with Gasteiger partial charge in [-0.15, -0.1) is 0 Å². The van der Waals surface area contributed by atoms with Gasteiger partial charge in [-0.05, 0) is 26.6 Å². The number of aryl methyl sites for hydroxylation is 1. The van der Waals surface area contributed by atoms with E-state index in [0.717, 1.165) is 11.1 Å². The number of likely N-dealkylation sites (tertiary alicyclic amines) is 1. The molecule has 1 atom stereocenters. The Morgan fingerprint density at radius 3 is 2.26 bits per heavy atom. The molecule has 0 saturated carbocycles. The number of carbonyl (C=O) groups excluding carboxylic acids is 2. The van der Waals surface area contributed by atoms with Gasteiger partial charge in [0.2, 0.25) is 0 Å². The zero-order chi connectivity index (χ0) is 19.6. The summed E-state index contributed by atoms with van der Waals surface area (Å²) in [6.07, 6.45) is 0. The van der Waals surface area contributed by atoms with Gasteiger partial charge in [0.15, 0.2) is 0 Å². The maximum absolute atomic E-state index is 12.8. The molecule has 0 bridgehead atoms. The van der Waals surface area contributed by atoms with Crippen molar-refractivity contribution in [3.8, 4) is 0 Å². The van der Waals surface area contributed by atoms with Crippen molar-refractivity contribution in [1.82, 2.24) is 9.80 Å². The predicted molar refractivity (Wildman–Crippen MR) is 105 cm³/mol. The van der Waals surface area contributed by atoms with Gasteiger partial charge in [-0.1, -0.05) is 60.2 Å². The molecule has 140 valence electrons. The summed E-state index contributed by atoms with van der Waals surface area (Å²) in [7, 11) is 3.84. The molecule has 0 unspecified atom stereocenters. The first-order valence-electron chi connectivity index (χ1n) is 8.95. The average molecular weight is 364 g/mol. The molecule has 3 rings (SSSR count). The molecule has 2 aromatic carbocycles. The first-order chi connectivity index (χ1) is 12.9. The summed E-state index contributed by atoms with van der Waals surface area (Å²) in [6.45, 7) is 3.01. The lowest BCUT2D eigenvalue weighted by molar-refractivity contribution is -0.140. The average Bonchev–Trinajstić information content (AvgIpc) is 2.91. The van der Waals surface area contributed by atoms with Crippen LogP contribution in [-0.2, 0) is 9.59 Å². The third kappa shape index (κ3) is 3.78. The molecule has 5 heteroatoms. The second-order valence-electron chi connectivity index (χ2n) is 7.07. The van der Waals surface area contributed by atoms with Gasteiger partial charge in [0, 0.05) is 18.7 Å². The number of carbonyl (C=O) groups is 2. The Morgan fingerprint density at radius 2 is 1.67 bits per heavy atom. The second kappa shape index (κ2) is 7.76. The highest BCUT2D eigenvalue weighted by atomic mass is 16.3. The molecule has 1 aliphatic heterocycles. The van der Waals surface area contributed by atoms with Crippen LogP contribution >= 0.6 is 0 Å². The van der Waals surface area contributed by atoms with Gasteiger partial charge in [0.1, 0.15) is 5.76 Å². The zero-order valence-corrected chi connectivity index (χ0v) is 15.8. The van der Waals surface area contributed by atoms with Gasteiger partial charge in [0.05, 0.1) is 11.6 Å². The molecule has 1 aliphatic rings. The molecule has 1 amide bonds. The number of Topliss-reactive ketones (excluding diaryl/α,β-unsaturated/α-hetero) is 1. The van der Waals surface area contributed by atoms with Crippen LogP contribution in [0.2, 0.25) is 0 Å². The maximum atomic E-state index is 12.8. The van der Waals surface area contributed by atoms with E-state index in [4.69, 9.17) is 0 Å². The first kappa shape index (κ1) is 18.9. The topological polar surface area (TPSA) is 60.9 Å². The molecule has 1 saturated heterocycles. The Bertz CT molecular complexity index is 870. The number of amides is 1. The monoisotopic (exact) mass is 364 g/mol. The minimum Gasteiger partial charge on any atom is -0.507 e. The maximum Gasteiger partial charge on any atom is 0.295 e. The predicted octanol–water partition coefficient (Wildman–Crippen LogP) is 2.98. The van der Waals surface area contributed by atoms with Crippen LogP contribution in [-0.4, -0.2) is 53.8 Å². The lowest BCUT2D eigenvalue weighted by Gasteiger charge is -2.26. The minimum absolute atomic E-state index is 0.133. The van der Waals surface area contributed by atoms with Crippen LogP contribution in [0.1, 0.15) is 22.7 Å². The fraction of sp³-hybridized carbons (Fsp3) is 0.273. The molecule has 0 aromatic heterocycles. The zero-order valence-electron chi connectivity index (χ0n) is 15.8. The summed E-state index contributed by atoms with van der Waals surface area (Å²) in [5.74, 6) is -1.34. The fourth-order valence-electron chi connectivity index (χ4n) is 3.27. The standard InChI is InChI=1S/C22H24N2O3/c1-15-9-11-16(12-10-15)19-18(20(25)17-7-5-4-6-8-17)21(26)22(27)24(19)14-13-23(2)3/h4-12,19,25H,13-14H2,1-3H3/t19-/m0/s1. The van der Waals surface area contributed by atoms with Crippen molar-refractivity contribution in [1.29, 1.82) is 0 Å². The summed E-state index contributed by atoms with van der Waals surface area (Å²) >= 11 is 0. The van der Waals surface area contributed by atoms with Crippen LogP contribution in [0.25, 0.3) is 5.76 Å². The first-order valence-corrected chi connectivity index (χ1v) is 8.95. The van der Waals surface area contributed by atoms with Crippen molar-refractivity contribution in [2.45, 2.75) is 13.0 Å². The number of benzene rings is 2. The van der Waals surface area contributed by atoms with E-state index in [9.17, 15) is 14.7 Å². The van der Waals surface area contributed by atoms with Crippen LogP contribution < -0.4 is 0 Å². The molecule has 1 heterocycles. The molecular formula is C22H24N2O3. The summed E-state index contributed by atoms with van der Waals surface area (Å²) in [5, 5.41) is 10.9. The van der Waals surface area contributed by atoms with Gasteiger partial charge in [-0.3, -0.25) is 9.59 Å². The van der Waals surface area contributed by atoms with E-state index in [1.807, 2.05) is 56.3 Å². The van der Waals surface area contributed by atoms with Crippen molar-refractivity contribution in [2.75, 3.05) is 27.2 Å². The third-order valence-corrected chi connectivity index (χ3v) is 4.77. The number of ketones is 1. The molecule has 0 spiro atoms. The van der Waals surface area contributed by atoms with Crippen molar-refractivity contribution in [3.63, 3.8) is 0 Å². The summed E-state index contributed by atoms with van der Waals surface area (Å²) in [4.78, 5) is 29.0. The van der Waals surface area contributed by atoms with E-state index < -0.39 is 17.7 Å². The summed E-state index contributed by atoms with van der Waals surface area (Å²) in [6, 6.07) is 16.0. The largest absolute Gasteiger partial charge is 0.507 e. The second-order valence-corrected chi connectivity index (χ2v) is 7.07. The van der Waals surface area contributed by atoms with Gasteiger partial charge >= 0.3 is 0 Å². The van der Waals surface area contributed by atoms with Crippen LogP contribution in [0.4, 0.5) is 0 Å². The number of hydrogen-bond donors (Lipinski definition) is 1. The SMILES string of the molecule is Cc1ccc([C@H]2C(=C(O)c3ccccc3)C(=O)C(=O)N2CCN(C)C)cc1. The lowest BCUT2D eigenvalue weighted by atomic mass is 9.95. The van der Waals surface area contributed by atoms with E-state index in [0.29, 0.717) is 18.7 Å². The van der Waals surface area contributed by atoms with Crippen LogP contribution in [0.3, 0.4) is 0 Å².